The van der Waals surface area contributed by atoms with Crippen LogP contribution >= 0.6 is 0 Å². The van der Waals surface area contributed by atoms with Crippen LogP contribution in [0.15, 0.2) is 24.3 Å². The summed E-state index contributed by atoms with van der Waals surface area (Å²) < 4.78 is 33.9. The summed E-state index contributed by atoms with van der Waals surface area (Å²) in [6.45, 7) is 2.88. The normalized spacial score (nSPS) is 20.8. The second-order valence-corrected chi connectivity index (χ2v) is 6.84. The number of rotatable bonds is 5. The molecule has 1 heterocycles. The maximum atomic E-state index is 12.3. The molecule has 1 unspecified atom stereocenters. The van der Waals surface area contributed by atoms with Gasteiger partial charge in [-0.05, 0) is 37.5 Å². The number of nitrogens with one attached hydrogen (secondary N) is 1. The summed E-state index contributed by atoms with van der Waals surface area (Å²) in [5.41, 5.74) is 0.916. The van der Waals surface area contributed by atoms with E-state index in [1.54, 1.807) is 11.4 Å². The lowest BCUT2D eigenvalue weighted by atomic mass is 10.1. The lowest BCUT2D eigenvalue weighted by Gasteiger charge is -2.32. The summed E-state index contributed by atoms with van der Waals surface area (Å²) in [5, 5.41) is 0. The van der Waals surface area contributed by atoms with Crippen LogP contribution in [0.25, 0.3) is 0 Å². The van der Waals surface area contributed by atoms with Crippen LogP contribution in [0.3, 0.4) is 0 Å². The highest BCUT2D eigenvalue weighted by Crippen LogP contribution is 2.19. The Kier molecular flexibility index (Phi) is 5.01. The van der Waals surface area contributed by atoms with Crippen molar-refractivity contribution in [3.05, 3.63) is 29.8 Å². The molecule has 1 N–H and O–H groups in total. The van der Waals surface area contributed by atoms with Gasteiger partial charge >= 0.3 is 0 Å². The van der Waals surface area contributed by atoms with Crippen molar-refractivity contribution in [1.82, 2.24) is 9.03 Å². The third-order valence-corrected chi connectivity index (χ3v) is 5.34. The number of methoxy groups -OCH3 is 1. The lowest BCUT2D eigenvalue weighted by molar-refractivity contribution is 0.265. The number of piperidine rings is 1. The van der Waals surface area contributed by atoms with Crippen LogP contribution in [0, 0.1) is 0 Å². The third kappa shape index (κ3) is 3.71. The molecule has 1 aliphatic heterocycles. The summed E-state index contributed by atoms with van der Waals surface area (Å²) in [7, 11) is -1.79. The van der Waals surface area contributed by atoms with Gasteiger partial charge in [0.15, 0.2) is 0 Å². The van der Waals surface area contributed by atoms with Gasteiger partial charge in [-0.3, -0.25) is 0 Å². The molecule has 1 aromatic rings. The van der Waals surface area contributed by atoms with E-state index in [0.717, 1.165) is 30.6 Å². The largest absolute Gasteiger partial charge is 0.497 e. The quantitative estimate of drug-likeness (QED) is 0.903. The van der Waals surface area contributed by atoms with Crippen molar-refractivity contribution in [2.75, 3.05) is 13.7 Å². The fourth-order valence-corrected chi connectivity index (χ4v) is 3.89. The Bertz CT molecular complexity index is 528. The van der Waals surface area contributed by atoms with Crippen LogP contribution in [0.1, 0.15) is 31.7 Å². The van der Waals surface area contributed by atoms with Gasteiger partial charge in [-0.2, -0.15) is 17.4 Å². The summed E-state index contributed by atoms with van der Waals surface area (Å²) in [6.07, 6.45) is 2.98. The maximum Gasteiger partial charge on any atom is 0.279 e. The topological polar surface area (TPSA) is 58.6 Å². The van der Waals surface area contributed by atoms with E-state index in [1.165, 1.54) is 0 Å². The minimum absolute atomic E-state index is 0.0807. The van der Waals surface area contributed by atoms with Gasteiger partial charge in [0, 0.05) is 19.1 Å². The van der Waals surface area contributed by atoms with Gasteiger partial charge in [0.1, 0.15) is 5.75 Å². The summed E-state index contributed by atoms with van der Waals surface area (Å²) >= 11 is 0. The molecule has 1 aliphatic rings. The Hall–Kier alpha value is -1.11. The van der Waals surface area contributed by atoms with Gasteiger partial charge in [0.05, 0.1) is 7.11 Å². The maximum absolute atomic E-state index is 12.3. The van der Waals surface area contributed by atoms with Gasteiger partial charge in [0.25, 0.3) is 10.2 Å². The summed E-state index contributed by atoms with van der Waals surface area (Å²) in [5.74, 6) is 0.765. The molecule has 5 nitrogen and oxygen atoms in total. The monoisotopic (exact) mass is 298 g/mol. The van der Waals surface area contributed by atoms with Crippen molar-refractivity contribution < 1.29 is 13.2 Å². The van der Waals surface area contributed by atoms with E-state index in [-0.39, 0.29) is 6.04 Å². The molecule has 1 atom stereocenters. The van der Waals surface area contributed by atoms with E-state index in [2.05, 4.69) is 4.72 Å². The highest BCUT2D eigenvalue weighted by molar-refractivity contribution is 7.87. The highest BCUT2D eigenvalue weighted by atomic mass is 32.2. The van der Waals surface area contributed by atoms with Crippen molar-refractivity contribution in [2.24, 2.45) is 0 Å². The molecule has 1 saturated heterocycles. The average molecular weight is 298 g/mol. The molecule has 0 amide bonds. The van der Waals surface area contributed by atoms with E-state index in [1.807, 2.05) is 31.2 Å². The Morgan fingerprint density at radius 2 is 2.00 bits per heavy atom. The molecule has 0 saturated carbocycles. The zero-order chi connectivity index (χ0) is 14.6. The Morgan fingerprint density at radius 1 is 1.30 bits per heavy atom. The van der Waals surface area contributed by atoms with E-state index in [4.69, 9.17) is 4.74 Å². The first-order valence-corrected chi connectivity index (χ1v) is 8.36. The lowest BCUT2D eigenvalue weighted by Crippen LogP contribution is -2.47. The van der Waals surface area contributed by atoms with Crippen LogP contribution in [0.4, 0.5) is 0 Å². The number of benzene rings is 1. The van der Waals surface area contributed by atoms with Crippen molar-refractivity contribution in [1.29, 1.82) is 0 Å². The molecule has 0 aromatic heterocycles. The SMILES string of the molecule is COc1ccc(CNS(=O)(=O)N2CCCCC2C)cc1. The predicted octanol–water partition coefficient (Wildman–Crippen LogP) is 1.90. The minimum atomic E-state index is -3.39. The molecule has 112 valence electrons. The predicted molar refractivity (Wildman–Crippen MR) is 78.8 cm³/mol. The third-order valence-electron chi connectivity index (χ3n) is 3.67. The number of hydrogen-bond donors (Lipinski definition) is 1. The average Bonchev–Trinajstić information content (AvgIpc) is 2.46. The smallest absolute Gasteiger partial charge is 0.279 e. The van der Waals surface area contributed by atoms with Crippen molar-refractivity contribution >= 4 is 10.2 Å². The van der Waals surface area contributed by atoms with Crippen LogP contribution in [0.2, 0.25) is 0 Å². The Labute approximate surface area is 121 Å². The minimum Gasteiger partial charge on any atom is -0.497 e. The van der Waals surface area contributed by atoms with Crippen molar-refractivity contribution in [2.45, 2.75) is 38.8 Å². The van der Waals surface area contributed by atoms with E-state index in [0.29, 0.717) is 13.1 Å². The van der Waals surface area contributed by atoms with Gasteiger partial charge in [-0.25, -0.2) is 0 Å². The molecular formula is C14H22N2O3S. The number of hydrogen-bond acceptors (Lipinski definition) is 3. The Balaban J connectivity index is 1.97. The van der Waals surface area contributed by atoms with E-state index < -0.39 is 10.2 Å². The Morgan fingerprint density at radius 3 is 2.60 bits per heavy atom. The van der Waals surface area contributed by atoms with E-state index in [9.17, 15) is 8.42 Å². The highest BCUT2D eigenvalue weighted by Gasteiger charge is 2.28. The van der Waals surface area contributed by atoms with Gasteiger partial charge in [0.2, 0.25) is 0 Å². The molecule has 1 aromatic carbocycles. The van der Waals surface area contributed by atoms with Gasteiger partial charge < -0.3 is 4.74 Å². The second kappa shape index (κ2) is 6.56. The fourth-order valence-electron chi connectivity index (χ4n) is 2.43. The van der Waals surface area contributed by atoms with Gasteiger partial charge in [-0.1, -0.05) is 18.6 Å². The van der Waals surface area contributed by atoms with Crippen molar-refractivity contribution in [3.63, 3.8) is 0 Å². The molecule has 0 radical (unpaired) electrons. The zero-order valence-corrected chi connectivity index (χ0v) is 12.8. The standard InChI is InChI=1S/C14H22N2O3S/c1-12-5-3-4-10-16(12)20(17,18)15-11-13-6-8-14(19-2)9-7-13/h6-9,12,15H,3-5,10-11H2,1-2H3. The molecule has 0 spiro atoms. The van der Waals surface area contributed by atoms with Crippen LogP contribution in [-0.4, -0.2) is 32.4 Å². The first kappa shape index (κ1) is 15.3. The zero-order valence-electron chi connectivity index (χ0n) is 12.0. The molecule has 0 bridgehead atoms. The molecular weight excluding hydrogens is 276 g/mol. The van der Waals surface area contributed by atoms with Crippen LogP contribution in [-0.2, 0) is 16.8 Å². The van der Waals surface area contributed by atoms with Crippen LogP contribution < -0.4 is 9.46 Å². The van der Waals surface area contributed by atoms with Crippen LogP contribution in [0.5, 0.6) is 5.75 Å². The summed E-state index contributed by atoms with van der Waals surface area (Å²) in [4.78, 5) is 0. The fraction of sp³-hybridized carbons (Fsp3) is 0.571. The van der Waals surface area contributed by atoms with E-state index >= 15 is 0 Å². The molecule has 6 heteroatoms. The van der Waals surface area contributed by atoms with Gasteiger partial charge in [-0.15, -0.1) is 0 Å². The molecule has 0 aliphatic carbocycles. The molecule has 1 fully saturated rings. The molecule has 20 heavy (non-hydrogen) atoms. The number of nitrogens with zero attached hydrogens (tertiary/aromatic N) is 1. The number of ether oxygens (including phenoxy) is 1. The molecule has 2 rings (SSSR count). The summed E-state index contributed by atoms with van der Waals surface area (Å²) in [6, 6.07) is 7.46. The second-order valence-electron chi connectivity index (χ2n) is 5.13. The van der Waals surface area contributed by atoms with Crippen molar-refractivity contribution in [3.8, 4) is 5.75 Å². The first-order chi connectivity index (χ1) is 9.53. The first-order valence-electron chi connectivity index (χ1n) is 6.92.